The Hall–Kier alpha value is -1.06. The summed E-state index contributed by atoms with van der Waals surface area (Å²) >= 11 is 0. The molecule has 4 heteroatoms. The minimum Gasteiger partial charge on any atom is -0.354 e. The topological polar surface area (TPSA) is 58.2 Å². The van der Waals surface area contributed by atoms with Crippen LogP contribution in [0.4, 0.5) is 0 Å². The van der Waals surface area contributed by atoms with E-state index in [0.717, 1.165) is 13.0 Å². The predicted octanol–water partition coefficient (Wildman–Crippen LogP) is 4.86. The van der Waals surface area contributed by atoms with Crippen molar-refractivity contribution in [2.45, 2.75) is 116 Å². The zero-order valence-electron chi connectivity index (χ0n) is 16.4. The number of nitrogens with one attached hydrogen (secondary N) is 2. The smallest absolute Gasteiger partial charge is 0.242 e. The summed E-state index contributed by atoms with van der Waals surface area (Å²) in [6.07, 6.45) is 19.9. The number of carbonyl (C=O) groups excluding carboxylic acids is 2. The number of unbranched alkanes of at least 4 members (excludes halogenated alkanes) is 13. The summed E-state index contributed by atoms with van der Waals surface area (Å²) < 4.78 is 0. The molecule has 1 fully saturated rings. The highest BCUT2D eigenvalue weighted by Gasteiger charge is 2.26. The third-order valence-corrected chi connectivity index (χ3v) is 5.14. The lowest BCUT2D eigenvalue weighted by Gasteiger charge is -2.10. The molecule has 0 aromatic carbocycles. The zero-order valence-corrected chi connectivity index (χ0v) is 16.4. The van der Waals surface area contributed by atoms with Crippen molar-refractivity contribution in [3.8, 4) is 0 Å². The second kappa shape index (κ2) is 15.2. The van der Waals surface area contributed by atoms with Crippen molar-refractivity contribution in [1.82, 2.24) is 10.6 Å². The standard InChI is InChI=1S/C21H40N2O2/c1-2-3-4-5-6-7-8-9-10-11-12-13-14-15-18-22-21(25)19-16-17-20(24)23-19/h19H,2-18H2,1H3,(H,22,25)(H,23,24)/t19-/m1/s1. The van der Waals surface area contributed by atoms with E-state index in [1.54, 1.807) is 0 Å². The SMILES string of the molecule is CCCCCCCCCCCCCCCCNC(=O)[C@H]1CCC(=O)N1. The Labute approximate surface area is 154 Å². The molecule has 0 unspecified atom stereocenters. The highest BCUT2D eigenvalue weighted by atomic mass is 16.2. The van der Waals surface area contributed by atoms with E-state index in [-0.39, 0.29) is 17.9 Å². The maximum atomic E-state index is 11.8. The molecule has 0 radical (unpaired) electrons. The van der Waals surface area contributed by atoms with Crippen LogP contribution in [0.3, 0.4) is 0 Å². The molecule has 146 valence electrons. The molecule has 0 aromatic rings. The van der Waals surface area contributed by atoms with Gasteiger partial charge in [-0.3, -0.25) is 9.59 Å². The molecule has 25 heavy (non-hydrogen) atoms. The van der Waals surface area contributed by atoms with Gasteiger partial charge in [-0.2, -0.15) is 0 Å². The van der Waals surface area contributed by atoms with Gasteiger partial charge in [0, 0.05) is 13.0 Å². The Bertz CT molecular complexity index is 358. The van der Waals surface area contributed by atoms with E-state index < -0.39 is 0 Å². The Kier molecular flexibility index (Phi) is 13.4. The van der Waals surface area contributed by atoms with E-state index in [1.807, 2.05) is 0 Å². The van der Waals surface area contributed by atoms with Crippen LogP contribution in [0.1, 0.15) is 110 Å². The van der Waals surface area contributed by atoms with Crippen molar-refractivity contribution in [2.24, 2.45) is 0 Å². The largest absolute Gasteiger partial charge is 0.354 e. The summed E-state index contributed by atoms with van der Waals surface area (Å²) in [6, 6.07) is -0.292. The van der Waals surface area contributed by atoms with Gasteiger partial charge in [0.1, 0.15) is 6.04 Å². The third kappa shape index (κ3) is 12.0. The first kappa shape index (κ1) is 22.0. The summed E-state index contributed by atoms with van der Waals surface area (Å²) in [6.45, 7) is 3.01. The van der Waals surface area contributed by atoms with E-state index in [9.17, 15) is 9.59 Å². The van der Waals surface area contributed by atoms with E-state index in [1.165, 1.54) is 83.5 Å². The van der Waals surface area contributed by atoms with E-state index in [2.05, 4.69) is 17.6 Å². The lowest BCUT2D eigenvalue weighted by molar-refractivity contribution is -0.125. The van der Waals surface area contributed by atoms with Gasteiger partial charge in [-0.1, -0.05) is 90.4 Å². The fourth-order valence-electron chi connectivity index (χ4n) is 3.47. The molecule has 2 amide bonds. The van der Waals surface area contributed by atoms with Gasteiger partial charge in [-0.15, -0.1) is 0 Å². The molecule has 1 aliphatic rings. The number of amides is 2. The molecular formula is C21H40N2O2. The molecule has 1 atom stereocenters. The lowest BCUT2D eigenvalue weighted by Crippen LogP contribution is -2.41. The second-order valence-corrected chi connectivity index (χ2v) is 7.55. The molecule has 0 aliphatic carbocycles. The number of rotatable bonds is 16. The van der Waals surface area contributed by atoms with Gasteiger partial charge in [0.15, 0.2) is 0 Å². The van der Waals surface area contributed by atoms with Gasteiger partial charge in [0.25, 0.3) is 0 Å². The Morgan fingerprint density at radius 1 is 0.880 bits per heavy atom. The van der Waals surface area contributed by atoms with Crippen LogP contribution in [0.5, 0.6) is 0 Å². The van der Waals surface area contributed by atoms with Crippen LogP contribution < -0.4 is 10.6 Å². The highest BCUT2D eigenvalue weighted by Crippen LogP contribution is 2.13. The maximum Gasteiger partial charge on any atom is 0.242 e. The van der Waals surface area contributed by atoms with Crippen LogP contribution in [-0.2, 0) is 9.59 Å². The van der Waals surface area contributed by atoms with Gasteiger partial charge < -0.3 is 10.6 Å². The molecular weight excluding hydrogens is 312 g/mol. The summed E-state index contributed by atoms with van der Waals surface area (Å²) in [5, 5.41) is 5.64. The molecule has 4 nitrogen and oxygen atoms in total. The Balaban J connectivity index is 1.74. The van der Waals surface area contributed by atoms with Crippen LogP contribution in [-0.4, -0.2) is 24.4 Å². The summed E-state index contributed by atoms with van der Waals surface area (Å²) in [5.41, 5.74) is 0. The van der Waals surface area contributed by atoms with E-state index >= 15 is 0 Å². The first-order valence-corrected chi connectivity index (χ1v) is 10.8. The molecule has 1 aliphatic heterocycles. The molecule has 0 bridgehead atoms. The van der Waals surface area contributed by atoms with Crippen molar-refractivity contribution in [1.29, 1.82) is 0 Å². The molecule has 0 aromatic heterocycles. The van der Waals surface area contributed by atoms with Crippen LogP contribution in [0, 0.1) is 0 Å². The minimum atomic E-state index is -0.292. The quantitative estimate of drug-likeness (QED) is 0.390. The first-order valence-electron chi connectivity index (χ1n) is 10.8. The van der Waals surface area contributed by atoms with Crippen molar-refractivity contribution in [2.75, 3.05) is 6.54 Å². The van der Waals surface area contributed by atoms with Gasteiger partial charge in [-0.05, 0) is 12.8 Å². The third-order valence-electron chi connectivity index (χ3n) is 5.14. The molecule has 1 saturated heterocycles. The Morgan fingerprint density at radius 3 is 1.80 bits per heavy atom. The molecule has 0 spiro atoms. The zero-order chi connectivity index (χ0) is 18.2. The van der Waals surface area contributed by atoms with Crippen molar-refractivity contribution >= 4 is 11.8 Å². The van der Waals surface area contributed by atoms with Crippen LogP contribution in [0.15, 0.2) is 0 Å². The predicted molar refractivity (Wildman–Crippen MR) is 104 cm³/mol. The molecule has 1 heterocycles. The van der Waals surface area contributed by atoms with Gasteiger partial charge in [0.2, 0.25) is 11.8 Å². The normalized spacial score (nSPS) is 16.8. The van der Waals surface area contributed by atoms with E-state index in [0.29, 0.717) is 12.8 Å². The van der Waals surface area contributed by atoms with Crippen molar-refractivity contribution in [3.63, 3.8) is 0 Å². The average molecular weight is 353 g/mol. The van der Waals surface area contributed by atoms with Crippen molar-refractivity contribution < 1.29 is 9.59 Å². The fraction of sp³-hybridized carbons (Fsp3) is 0.905. The number of carbonyl (C=O) groups is 2. The van der Waals surface area contributed by atoms with Crippen LogP contribution in [0.2, 0.25) is 0 Å². The van der Waals surface area contributed by atoms with Gasteiger partial charge >= 0.3 is 0 Å². The lowest BCUT2D eigenvalue weighted by atomic mass is 10.0. The van der Waals surface area contributed by atoms with Crippen LogP contribution in [0.25, 0.3) is 0 Å². The molecule has 1 rings (SSSR count). The van der Waals surface area contributed by atoms with E-state index in [4.69, 9.17) is 0 Å². The highest BCUT2D eigenvalue weighted by molar-refractivity contribution is 5.90. The van der Waals surface area contributed by atoms with Crippen molar-refractivity contribution in [3.05, 3.63) is 0 Å². The fourth-order valence-corrected chi connectivity index (χ4v) is 3.47. The second-order valence-electron chi connectivity index (χ2n) is 7.55. The maximum absolute atomic E-state index is 11.8. The van der Waals surface area contributed by atoms with Gasteiger partial charge in [0.05, 0.1) is 0 Å². The van der Waals surface area contributed by atoms with Crippen LogP contribution >= 0.6 is 0 Å². The monoisotopic (exact) mass is 352 g/mol. The minimum absolute atomic E-state index is 0.00311. The Morgan fingerprint density at radius 2 is 1.36 bits per heavy atom. The summed E-state index contributed by atoms with van der Waals surface area (Å²) in [5.74, 6) is -0.0165. The average Bonchev–Trinajstić information content (AvgIpc) is 3.04. The first-order chi connectivity index (χ1) is 12.2. The number of hydrogen-bond donors (Lipinski definition) is 2. The molecule has 2 N–H and O–H groups in total. The number of hydrogen-bond acceptors (Lipinski definition) is 2. The molecule has 0 saturated carbocycles. The van der Waals surface area contributed by atoms with Gasteiger partial charge in [-0.25, -0.2) is 0 Å². The summed E-state index contributed by atoms with van der Waals surface area (Å²) in [4.78, 5) is 22.9. The summed E-state index contributed by atoms with van der Waals surface area (Å²) in [7, 11) is 0.